The molecule has 0 atom stereocenters. The molecule has 0 radical (unpaired) electrons. The van der Waals surface area contributed by atoms with Crippen molar-refractivity contribution in [1.29, 1.82) is 0 Å². The van der Waals surface area contributed by atoms with Gasteiger partial charge in [0.15, 0.2) is 0 Å². The van der Waals surface area contributed by atoms with Gasteiger partial charge in [0.2, 0.25) is 5.95 Å². The molecule has 3 rings (SSSR count). The fourth-order valence-electron chi connectivity index (χ4n) is 2.55. The van der Waals surface area contributed by atoms with E-state index in [1.807, 2.05) is 0 Å². The van der Waals surface area contributed by atoms with E-state index in [1.165, 1.54) is 12.1 Å². The molecule has 1 aliphatic heterocycles. The SMILES string of the molecule is CNc1nc(NS(=O)(=O)c2ccc(N)cc2)cc(N2CCCC2)n1. The predicted octanol–water partition coefficient (Wildman–Crippen LogP) is 1.50. The lowest BCUT2D eigenvalue weighted by Crippen LogP contribution is -2.21. The van der Waals surface area contributed by atoms with Gasteiger partial charge < -0.3 is 16.0 Å². The minimum absolute atomic E-state index is 0.129. The normalized spacial score (nSPS) is 14.6. The van der Waals surface area contributed by atoms with Crippen LogP contribution >= 0.6 is 0 Å². The van der Waals surface area contributed by atoms with Crippen LogP contribution in [-0.2, 0) is 10.0 Å². The Morgan fingerprint density at radius 2 is 1.79 bits per heavy atom. The average Bonchev–Trinajstić information content (AvgIpc) is 3.09. The molecule has 0 spiro atoms. The van der Waals surface area contributed by atoms with Gasteiger partial charge in [-0.1, -0.05) is 0 Å². The molecule has 0 aliphatic carbocycles. The summed E-state index contributed by atoms with van der Waals surface area (Å²) >= 11 is 0. The lowest BCUT2D eigenvalue weighted by molar-refractivity contribution is 0.601. The fraction of sp³-hybridized carbons (Fsp3) is 0.333. The van der Waals surface area contributed by atoms with E-state index >= 15 is 0 Å². The molecule has 0 saturated carbocycles. The molecule has 1 fully saturated rings. The van der Waals surface area contributed by atoms with E-state index in [9.17, 15) is 8.42 Å². The molecule has 2 aromatic rings. The monoisotopic (exact) mass is 348 g/mol. The van der Waals surface area contributed by atoms with Gasteiger partial charge in [0, 0.05) is 31.9 Å². The van der Waals surface area contributed by atoms with Crippen molar-refractivity contribution >= 4 is 33.3 Å². The van der Waals surface area contributed by atoms with Crippen LogP contribution in [0.15, 0.2) is 35.2 Å². The molecule has 0 amide bonds. The first-order valence-corrected chi connectivity index (χ1v) is 9.16. The topological polar surface area (TPSA) is 113 Å². The van der Waals surface area contributed by atoms with E-state index in [2.05, 4.69) is 24.9 Å². The van der Waals surface area contributed by atoms with E-state index in [0.29, 0.717) is 17.5 Å². The Labute approximate surface area is 141 Å². The van der Waals surface area contributed by atoms with Crippen LogP contribution in [0.5, 0.6) is 0 Å². The van der Waals surface area contributed by atoms with Gasteiger partial charge in [0.25, 0.3) is 10.0 Å². The summed E-state index contributed by atoms with van der Waals surface area (Å²) in [5.41, 5.74) is 6.10. The summed E-state index contributed by atoms with van der Waals surface area (Å²) in [4.78, 5) is 10.8. The number of aromatic nitrogens is 2. The van der Waals surface area contributed by atoms with Crippen molar-refractivity contribution in [3.63, 3.8) is 0 Å². The Hall–Kier alpha value is -2.55. The number of rotatable bonds is 5. The molecule has 9 heteroatoms. The number of nitrogens with two attached hydrogens (primary N) is 1. The number of benzene rings is 1. The maximum Gasteiger partial charge on any atom is 0.263 e. The van der Waals surface area contributed by atoms with Crippen molar-refractivity contribution in [3.8, 4) is 0 Å². The lowest BCUT2D eigenvalue weighted by atomic mass is 10.3. The first kappa shape index (κ1) is 16.3. The van der Waals surface area contributed by atoms with Crippen LogP contribution in [-0.4, -0.2) is 38.5 Å². The van der Waals surface area contributed by atoms with Gasteiger partial charge >= 0.3 is 0 Å². The van der Waals surface area contributed by atoms with Gasteiger partial charge in [-0.15, -0.1) is 0 Å². The second-order valence-corrected chi connectivity index (χ2v) is 7.24. The first-order valence-electron chi connectivity index (χ1n) is 7.68. The molecule has 24 heavy (non-hydrogen) atoms. The van der Waals surface area contributed by atoms with Gasteiger partial charge in [0.05, 0.1) is 4.90 Å². The van der Waals surface area contributed by atoms with Gasteiger partial charge in [0.1, 0.15) is 11.6 Å². The minimum Gasteiger partial charge on any atom is -0.399 e. The number of hydrogen-bond donors (Lipinski definition) is 3. The van der Waals surface area contributed by atoms with Gasteiger partial charge in [-0.05, 0) is 37.1 Å². The highest BCUT2D eigenvalue weighted by atomic mass is 32.2. The van der Waals surface area contributed by atoms with Crippen LogP contribution in [0.4, 0.5) is 23.3 Å². The largest absolute Gasteiger partial charge is 0.399 e. The first-order chi connectivity index (χ1) is 11.5. The summed E-state index contributed by atoms with van der Waals surface area (Å²) in [6.07, 6.45) is 2.21. The van der Waals surface area contributed by atoms with Crippen LogP contribution in [0, 0.1) is 0 Å². The van der Waals surface area contributed by atoms with Crippen LogP contribution in [0.3, 0.4) is 0 Å². The third-order valence-corrected chi connectivity index (χ3v) is 5.17. The Morgan fingerprint density at radius 1 is 1.12 bits per heavy atom. The highest BCUT2D eigenvalue weighted by Gasteiger charge is 2.19. The van der Waals surface area contributed by atoms with Gasteiger partial charge in [-0.3, -0.25) is 4.72 Å². The average molecular weight is 348 g/mol. The third-order valence-electron chi connectivity index (χ3n) is 3.80. The van der Waals surface area contributed by atoms with Crippen molar-refractivity contribution in [2.75, 3.05) is 40.8 Å². The number of nitrogens with one attached hydrogen (secondary N) is 2. The van der Waals surface area contributed by atoms with E-state index in [4.69, 9.17) is 5.73 Å². The second-order valence-electron chi connectivity index (χ2n) is 5.55. The maximum atomic E-state index is 12.5. The molecular weight excluding hydrogens is 328 g/mol. The quantitative estimate of drug-likeness (QED) is 0.702. The zero-order chi connectivity index (χ0) is 17.2. The number of anilines is 4. The molecule has 1 aliphatic rings. The summed E-state index contributed by atoms with van der Waals surface area (Å²) < 4.78 is 27.5. The Morgan fingerprint density at radius 3 is 2.42 bits per heavy atom. The smallest absolute Gasteiger partial charge is 0.263 e. The fourth-order valence-corrected chi connectivity index (χ4v) is 3.54. The maximum absolute atomic E-state index is 12.5. The van der Waals surface area contributed by atoms with Gasteiger partial charge in [-0.2, -0.15) is 9.97 Å². The predicted molar refractivity (Wildman–Crippen MR) is 94.7 cm³/mol. The molecule has 128 valence electrons. The number of nitrogens with zero attached hydrogens (tertiary/aromatic N) is 3. The molecule has 1 saturated heterocycles. The number of sulfonamides is 1. The van der Waals surface area contributed by atoms with Crippen LogP contribution < -0.4 is 20.7 Å². The Balaban J connectivity index is 1.90. The van der Waals surface area contributed by atoms with Crippen molar-refractivity contribution in [2.45, 2.75) is 17.7 Å². The minimum atomic E-state index is -3.74. The molecule has 0 unspecified atom stereocenters. The zero-order valence-corrected chi connectivity index (χ0v) is 14.2. The number of nitrogen functional groups attached to an aromatic ring is 1. The van der Waals surface area contributed by atoms with Crippen LogP contribution in [0.1, 0.15) is 12.8 Å². The summed E-state index contributed by atoms with van der Waals surface area (Å²) in [7, 11) is -2.04. The van der Waals surface area contributed by atoms with E-state index in [-0.39, 0.29) is 10.7 Å². The van der Waals surface area contributed by atoms with Gasteiger partial charge in [-0.25, -0.2) is 8.42 Å². The molecule has 8 nitrogen and oxygen atoms in total. The zero-order valence-electron chi connectivity index (χ0n) is 13.4. The van der Waals surface area contributed by atoms with E-state index in [0.717, 1.165) is 25.9 Å². The van der Waals surface area contributed by atoms with Crippen molar-refractivity contribution in [2.24, 2.45) is 0 Å². The standard InChI is InChI=1S/C15H20N6O2S/c1-17-15-18-13(10-14(19-15)21-8-2-3-9-21)20-24(22,23)12-6-4-11(16)5-7-12/h4-7,10H,2-3,8-9,16H2,1H3,(H2,17,18,19,20). The Bertz CT molecular complexity index is 816. The summed E-state index contributed by atoms with van der Waals surface area (Å²) in [6, 6.07) is 7.66. The molecule has 1 aromatic carbocycles. The summed E-state index contributed by atoms with van der Waals surface area (Å²) in [6.45, 7) is 1.81. The van der Waals surface area contributed by atoms with Crippen LogP contribution in [0.25, 0.3) is 0 Å². The van der Waals surface area contributed by atoms with E-state index in [1.54, 1.807) is 25.2 Å². The molecule has 2 heterocycles. The Kier molecular flexibility index (Phi) is 4.43. The number of hydrogen-bond acceptors (Lipinski definition) is 7. The highest BCUT2D eigenvalue weighted by molar-refractivity contribution is 7.92. The van der Waals surface area contributed by atoms with Crippen molar-refractivity contribution in [1.82, 2.24) is 9.97 Å². The second kappa shape index (κ2) is 6.52. The third kappa shape index (κ3) is 3.51. The van der Waals surface area contributed by atoms with Crippen molar-refractivity contribution < 1.29 is 8.42 Å². The summed E-state index contributed by atoms with van der Waals surface area (Å²) in [5.74, 6) is 1.31. The van der Waals surface area contributed by atoms with Crippen LogP contribution in [0.2, 0.25) is 0 Å². The van der Waals surface area contributed by atoms with E-state index < -0.39 is 10.0 Å². The molecule has 0 bridgehead atoms. The molecule has 1 aromatic heterocycles. The lowest BCUT2D eigenvalue weighted by Gasteiger charge is -2.18. The molecule has 4 N–H and O–H groups in total. The molecular formula is C15H20N6O2S. The highest BCUT2D eigenvalue weighted by Crippen LogP contribution is 2.24. The van der Waals surface area contributed by atoms with Crippen molar-refractivity contribution in [3.05, 3.63) is 30.3 Å². The summed E-state index contributed by atoms with van der Waals surface area (Å²) in [5, 5.41) is 2.86.